The number of halogens is 1. The number of aromatic nitrogens is 1. The van der Waals surface area contributed by atoms with Crippen molar-refractivity contribution < 1.29 is 4.92 Å². The number of hydrogen-bond acceptors (Lipinski definition) is 3. The van der Waals surface area contributed by atoms with Crippen LogP contribution in [0.1, 0.15) is 22.5 Å². The number of aryl methyl sites for hydroxylation is 2. The third-order valence-electron chi connectivity index (χ3n) is 4.26. The average Bonchev–Trinajstić information content (AvgIpc) is 2.89. The molecule has 3 aromatic rings. The summed E-state index contributed by atoms with van der Waals surface area (Å²) in [5, 5.41) is 10.9. The highest BCUT2D eigenvalue weighted by Crippen LogP contribution is 2.24. The minimum absolute atomic E-state index is 0.0412. The summed E-state index contributed by atoms with van der Waals surface area (Å²) in [4.78, 5) is 14.9. The molecule has 26 heavy (non-hydrogen) atoms. The third-order valence-corrected chi connectivity index (χ3v) is 5.47. The van der Waals surface area contributed by atoms with Crippen LogP contribution in [-0.4, -0.2) is 15.7 Å². The minimum Gasteiger partial charge on any atom is -0.318 e. The van der Waals surface area contributed by atoms with Crippen molar-refractivity contribution >= 4 is 40.2 Å². The smallest absolute Gasteiger partial charge is 0.271 e. The monoisotopic (exact) mass is 459 g/mol. The maximum Gasteiger partial charge on any atom is 0.271 e. The molecule has 0 saturated carbocycles. The maximum atomic E-state index is 10.9. The molecule has 5 nitrogen and oxygen atoms in total. The summed E-state index contributed by atoms with van der Waals surface area (Å²) >= 11 is 2.33. The Hall–Kier alpha value is -2.48. The highest BCUT2D eigenvalue weighted by Gasteiger charge is 2.10. The predicted octanol–water partition coefficient (Wildman–Crippen LogP) is 5.67. The highest BCUT2D eigenvalue weighted by atomic mass is 127. The van der Waals surface area contributed by atoms with Gasteiger partial charge < -0.3 is 4.57 Å². The normalized spacial score (nSPS) is 11.2. The molecular weight excluding hydrogens is 441 g/mol. The second-order valence-corrected chi connectivity index (χ2v) is 7.29. The molecule has 1 heterocycles. The van der Waals surface area contributed by atoms with Crippen LogP contribution in [0.25, 0.3) is 5.69 Å². The first-order valence-electron chi connectivity index (χ1n) is 8.11. The summed E-state index contributed by atoms with van der Waals surface area (Å²) in [7, 11) is 0. The lowest BCUT2D eigenvalue weighted by atomic mass is 10.2. The van der Waals surface area contributed by atoms with E-state index in [2.05, 4.69) is 77.2 Å². The van der Waals surface area contributed by atoms with Gasteiger partial charge in [-0.1, -0.05) is 6.07 Å². The molecule has 0 saturated heterocycles. The molecule has 0 aliphatic rings. The van der Waals surface area contributed by atoms with E-state index in [1.165, 1.54) is 21.3 Å². The van der Waals surface area contributed by atoms with Gasteiger partial charge in [-0.25, -0.2) is 0 Å². The van der Waals surface area contributed by atoms with Crippen molar-refractivity contribution in [3.05, 3.63) is 84.7 Å². The van der Waals surface area contributed by atoms with Gasteiger partial charge in [0, 0.05) is 44.6 Å². The molecule has 0 aliphatic carbocycles. The van der Waals surface area contributed by atoms with Crippen molar-refractivity contribution in [2.45, 2.75) is 20.8 Å². The van der Waals surface area contributed by atoms with Gasteiger partial charge in [0.25, 0.3) is 5.69 Å². The van der Waals surface area contributed by atoms with Crippen LogP contribution in [0.2, 0.25) is 0 Å². The Labute approximate surface area is 165 Å². The van der Waals surface area contributed by atoms with E-state index >= 15 is 0 Å². The lowest BCUT2D eigenvalue weighted by Gasteiger charge is -2.11. The molecule has 0 unspecified atom stereocenters. The Bertz CT molecular complexity index is 1020. The second kappa shape index (κ2) is 7.41. The quantitative estimate of drug-likeness (QED) is 0.219. The first-order valence-corrected chi connectivity index (χ1v) is 9.18. The first-order chi connectivity index (χ1) is 12.4. The number of rotatable bonds is 4. The minimum atomic E-state index is -0.413. The van der Waals surface area contributed by atoms with Crippen LogP contribution in [0.4, 0.5) is 11.4 Å². The molecule has 132 valence electrons. The Morgan fingerprint density at radius 1 is 1.12 bits per heavy atom. The predicted molar refractivity (Wildman–Crippen MR) is 113 cm³/mol. The zero-order chi connectivity index (χ0) is 18.8. The molecule has 0 amide bonds. The van der Waals surface area contributed by atoms with E-state index in [-0.39, 0.29) is 5.69 Å². The Morgan fingerprint density at radius 2 is 1.88 bits per heavy atom. The summed E-state index contributed by atoms with van der Waals surface area (Å²) in [6.07, 6.45) is 1.76. The van der Waals surface area contributed by atoms with Crippen molar-refractivity contribution in [3.8, 4) is 5.69 Å². The number of nitro benzene ring substituents is 1. The Kier molecular flexibility index (Phi) is 5.22. The fourth-order valence-electron chi connectivity index (χ4n) is 2.91. The molecule has 0 atom stereocenters. The zero-order valence-electron chi connectivity index (χ0n) is 14.7. The number of benzene rings is 2. The molecule has 6 heteroatoms. The van der Waals surface area contributed by atoms with Gasteiger partial charge in [0.1, 0.15) is 0 Å². The zero-order valence-corrected chi connectivity index (χ0v) is 16.9. The summed E-state index contributed by atoms with van der Waals surface area (Å²) in [6, 6.07) is 14.8. The maximum absolute atomic E-state index is 10.9. The molecule has 0 spiro atoms. The summed E-state index contributed by atoms with van der Waals surface area (Å²) < 4.78 is 3.43. The number of nitro groups is 1. The molecule has 0 bridgehead atoms. The van der Waals surface area contributed by atoms with Crippen LogP contribution in [0, 0.1) is 34.5 Å². The van der Waals surface area contributed by atoms with Crippen LogP contribution in [0.3, 0.4) is 0 Å². The Morgan fingerprint density at radius 3 is 2.58 bits per heavy atom. The molecule has 0 radical (unpaired) electrons. The fraction of sp³-hybridized carbons (Fsp3) is 0.150. The van der Waals surface area contributed by atoms with Gasteiger partial charge >= 0.3 is 0 Å². The standard InChI is InChI=1S/C20H18IN3O2/c1-13-9-18(7-8-20(13)21)23-14(2)10-16(15(23)3)12-22-17-5-4-6-19(11-17)24(25)26/h4-12H,1-3H3. The summed E-state index contributed by atoms with van der Waals surface area (Å²) in [5.41, 5.74) is 6.15. The van der Waals surface area contributed by atoms with Crippen molar-refractivity contribution in [3.63, 3.8) is 0 Å². The van der Waals surface area contributed by atoms with E-state index < -0.39 is 4.92 Å². The van der Waals surface area contributed by atoms with Crippen LogP contribution in [-0.2, 0) is 0 Å². The topological polar surface area (TPSA) is 60.4 Å². The van der Waals surface area contributed by atoms with Gasteiger partial charge in [0.15, 0.2) is 0 Å². The molecule has 3 rings (SSSR count). The van der Waals surface area contributed by atoms with Gasteiger partial charge in [-0.15, -0.1) is 0 Å². The second-order valence-electron chi connectivity index (χ2n) is 6.13. The third kappa shape index (κ3) is 3.70. The number of hydrogen-bond donors (Lipinski definition) is 0. The van der Waals surface area contributed by atoms with Crippen LogP contribution < -0.4 is 0 Å². The van der Waals surface area contributed by atoms with E-state index in [0.29, 0.717) is 5.69 Å². The number of non-ortho nitro benzene ring substituents is 1. The van der Waals surface area contributed by atoms with Gasteiger partial charge in [-0.2, -0.15) is 0 Å². The van der Waals surface area contributed by atoms with E-state index in [4.69, 9.17) is 0 Å². The van der Waals surface area contributed by atoms with Crippen LogP contribution in [0.15, 0.2) is 53.5 Å². The Balaban J connectivity index is 1.96. The van der Waals surface area contributed by atoms with E-state index in [0.717, 1.165) is 22.6 Å². The van der Waals surface area contributed by atoms with Crippen molar-refractivity contribution in [1.82, 2.24) is 4.57 Å². The first kappa shape index (κ1) is 18.3. The van der Waals surface area contributed by atoms with E-state index in [9.17, 15) is 10.1 Å². The number of aliphatic imine (C=N–C) groups is 1. The van der Waals surface area contributed by atoms with Gasteiger partial charge in [0.2, 0.25) is 0 Å². The van der Waals surface area contributed by atoms with Crippen molar-refractivity contribution in [2.24, 2.45) is 4.99 Å². The molecular formula is C20H18IN3O2. The SMILES string of the molecule is Cc1cc(-n2c(C)cc(C=Nc3cccc([N+](=O)[O-])c3)c2C)ccc1I. The molecule has 1 aromatic heterocycles. The average molecular weight is 459 g/mol. The molecule has 2 aromatic carbocycles. The van der Waals surface area contributed by atoms with E-state index in [1.807, 2.05) is 0 Å². The van der Waals surface area contributed by atoms with Gasteiger partial charge in [0.05, 0.1) is 10.6 Å². The lowest BCUT2D eigenvalue weighted by Crippen LogP contribution is -2.00. The summed E-state index contributed by atoms with van der Waals surface area (Å²) in [6.45, 7) is 6.21. The molecule has 0 aliphatic heterocycles. The fourth-order valence-corrected chi connectivity index (χ4v) is 3.25. The highest BCUT2D eigenvalue weighted by molar-refractivity contribution is 14.1. The summed E-state index contributed by atoms with van der Waals surface area (Å²) in [5.74, 6) is 0. The van der Waals surface area contributed by atoms with Crippen molar-refractivity contribution in [1.29, 1.82) is 0 Å². The number of nitrogens with zero attached hydrogens (tertiary/aromatic N) is 3. The van der Waals surface area contributed by atoms with Crippen LogP contribution in [0.5, 0.6) is 0 Å². The van der Waals surface area contributed by atoms with E-state index in [1.54, 1.807) is 18.3 Å². The molecule has 0 N–H and O–H groups in total. The lowest BCUT2D eigenvalue weighted by molar-refractivity contribution is -0.384. The largest absolute Gasteiger partial charge is 0.318 e. The van der Waals surface area contributed by atoms with Gasteiger partial charge in [-0.05, 0) is 79.3 Å². The molecule has 0 fully saturated rings. The van der Waals surface area contributed by atoms with Crippen LogP contribution >= 0.6 is 22.6 Å². The van der Waals surface area contributed by atoms with Crippen molar-refractivity contribution in [2.75, 3.05) is 0 Å². The van der Waals surface area contributed by atoms with Gasteiger partial charge in [-0.3, -0.25) is 15.1 Å².